The first kappa shape index (κ1) is 37.9. The molecule has 0 unspecified atom stereocenters. The molecule has 0 spiro atoms. The molecule has 0 saturated carbocycles. The molecule has 70 heavy (non-hydrogen) atoms. The van der Waals surface area contributed by atoms with Crippen molar-refractivity contribution in [1.29, 1.82) is 0 Å². The van der Waals surface area contributed by atoms with Gasteiger partial charge in [0, 0.05) is 0 Å². The van der Waals surface area contributed by atoms with Crippen molar-refractivity contribution in [2.45, 2.75) is 0 Å². The SMILES string of the molecule is c1ccc(-c2ccccc2-c2c3cccc4c3c(c3cccc5c(-c6ccccc6)c6c7cccc8cccc(c87)c6c4c53)c3c4ccc(-c5ccccc5)c5c(-c6ccccc6)ccc(c23)c54)cc1. The predicted molar refractivity (Wildman–Crippen MR) is 302 cm³/mol. The predicted octanol–water partition coefficient (Wildman–Crippen LogP) is 19.9. The van der Waals surface area contributed by atoms with Gasteiger partial charge in [-0.25, -0.2) is 0 Å². The van der Waals surface area contributed by atoms with Crippen LogP contribution < -0.4 is 0 Å². The Bertz CT molecular complexity index is 4710. The average Bonchev–Trinajstić information content (AvgIpc) is 3.95. The Hall–Kier alpha value is -9.10. The van der Waals surface area contributed by atoms with Gasteiger partial charge in [-0.1, -0.05) is 243 Å². The highest BCUT2D eigenvalue weighted by atomic mass is 14.3. The maximum absolute atomic E-state index is 2.46. The summed E-state index contributed by atoms with van der Waals surface area (Å²) in [5.74, 6) is 0. The molecule has 16 aromatic carbocycles. The monoisotopic (exact) mass is 880 g/mol. The molecule has 320 valence electrons. The third-order valence-electron chi connectivity index (χ3n) is 15.9. The zero-order valence-electron chi connectivity index (χ0n) is 38.1. The lowest BCUT2D eigenvalue weighted by atomic mass is 9.80. The van der Waals surface area contributed by atoms with Gasteiger partial charge < -0.3 is 0 Å². The molecule has 0 aliphatic carbocycles. The van der Waals surface area contributed by atoms with E-state index in [1.165, 1.54) is 163 Å². The van der Waals surface area contributed by atoms with Crippen molar-refractivity contribution in [3.63, 3.8) is 0 Å². The topological polar surface area (TPSA) is 0 Å². The minimum absolute atomic E-state index is 1.21. The lowest BCUT2D eigenvalue weighted by Gasteiger charge is -2.22. The molecule has 0 N–H and O–H groups in total. The van der Waals surface area contributed by atoms with E-state index in [2.05, 4.69) is 243 Å². The average molecular weight is 881 g/mol. The van der Waals surface area contributed by atoms with Crippen molar-refractivity contribution >= 4 is 108 Å². The number of rotatable bonds is 5. The summed E-state index contributed by atoms with van der Waals surface area (Å²) >= 11 is 0. The van der Waals surface area contributed by atoms with E-state index in [9.17, 15) is 0 Å². The normalized spacial score (nSPS) is 12.3. The zero-order chi connectivity index (χ0) is 45.6. The van der Waals surface area contributed by atoms with Gasteiger partial charge in [-0.2, -0.15) is 0 Å². The molecule has 0 heterocycles. The summed E-state index contributed by atoms with van der Waals surface area (Å²) in [4.78, 5) is 0. The van der Waals surface area contributed by atoms with E-state index in [-0.39, 0.29) is 0 Å². The van der Waals surface area contributed by atoms with E-state index >= 15 is 0 Å². The summed E-state index contributed by atoms with van der Waals surface area (Å²) < 4.78 is 0. The van der Waals surface area contributed by atoms with Crippen molar-refractivity contribution in [3.05, 3.63) is 243 Å². The van der Waals surface area contributed by atoms with E-state index in [4.69, 9.17) is 0 Å². The summed E-state index contributed by atoms with van der Waals surface area (Å²) in [5.41, 5.74) is 12.5. The summed E-state index contributed by atoms with van der Waals surface area (Å²) in [6, 6.07) is 91.2. The van der Waals surface area contributed by atoms with Gasteiger partial charge in [0.05, 0.1) is 0 Å². The summed E-state index contributed by atoms with van der Waals surface area (Å²) in [6.45, 7) is 0. The second-order valence-corrected chi connectivity index (χ2v) is 19.2. The quantitative estimate of drug-likeness (QED) is 0.119. The second-order valence-electron chi connectivity index (χ2n) is 19.2. The Morgan fingerprint density at radius 2 is 0.486 bits per heavy atom. The number of fused-ring (bicyclic) bond motifs is 10. The Kier molecular flexibility index (Phi) is 7.70. The first-order valence-electron chi connectivity index (χ1n) is 24.5. The number of benzene rings is 14. The first-order chi connectivity index (χ1) is 34.8. The summed E-state index contributed by atoms with van der Waals surface area (Å²) in [5, 5.41) is 26.3. The van der Waals surface area contributed by atoms with Crippen LogP contribution in [0.4, 0.5) is 0 Å². The molecule has 0 bridgehead atoms. The van der Waals surface area contributed by atoms with Gasteiger partial charge in [-0.05, 0) is 163 Å². The van der Waals surface area contributed by atoms with E-state index in [0.717, 1.165) is 0 Å². The van der Waals surface area contributed by atoms with Crippen LogP contribution in [0.3, 0.4) is 0 Å². The molecule has 0 aliphatic rings. The summed E-state index contributed by atoms with van der Waals surface area (Å²) in [6.07, 6.45) is 0. The lowest BCUT2D eigenvalue weighted by molar-refractivity contribution is 1.61. The third kappa shape index (κ3) is 4.94. The molecule has 0 radical (unpaired) electrons. The van der Waals surface area contributed by atoms with Crippen molar-refractivity contribution < 1.29 is 0 Å². The molecule has 0 heteroatoms. The van der Waals surface area contributed by atoms with Crippen LogP contribution in [-0.2, 0) is 0 Å². The van der Waals surface area contributed by atoms with Crippen LogP contribution >= 0.6 is 0 Å². The molecule has 0 aromatic heterocycles. The number of hydrogen-bond acceptors (Lipinski definition) is 0. The fourth-order valence-corrected chi connectivity index (χ4v) is 13.3. The highest BCUT2D eigenvalue weighted by molar-refractivity contribution is 6.53. The van der Waals surface area contributed by atoms with Crippen molar-refractivity contribution in [2.24, 2.45) is 0 Å². The highest BCUT2D eigenvalue weighted by Gasteiger charge is 2.30. The van der Waals surface area contributed by atoms with Gasteiger partial charge in [0.2, 0.25) is 0 Å². The molecular formula is C70H40. The van der Waals surface area contributed by atoms with Crippen LogP contribution in [0.2, 0.25) is 0 Å². The van der Waals surface area contributed by atoms with E-state index in [1.54, 1.807) is 0 Å². The lowest BCUT2D eigenvalue weighted by Crippen LogP contribution is -1.94. The Morgan fingerprint density at radius 3 is 1.03 bits per heavy atom. The van der Waals surface area contributed by atoms with E-state index < -0.39 is 0 Å². The maximum Gasteiger partial charge on any atom is -0.000695 e. The van der Waals surface area contributed by atoms with Gasteiger partial charge in [0.25, 0.3) is 0 Å². The minimum atomic E-state index is 1.21. The van der Waals surface area contributed by atoms with E-state index in [1.807, 2.05) is 0 Å². The molecule has 0 nitrogen and oxygen atoms in total. The fourth-order valence-electron chi connectivity index (χ4n) is 13.3. The Labute approximate surface area is 403 Å². The standard InChI is InChI=1S/C70H40/c1-5-19-41(20-6-1)46-29-13-14-30-49(46)61-53-34-18-36-55-64(53)67(70-57-40-38-48(43-23-9-3-10-24-43)60-47(42-21-7-2-8-22-42)37-39-56(62(57)60)68(61)70)54-35-17-33-52-59(45-25-11-4-12-26-45)65-50-31-15-27-44-28-16-32-51(58(44)50)69(65)66(55)63(52)54/h1-40H. The molecule has 16 rings (SSSR count). The highest BCUT2D eigenvalue weighted by Crippen LogP contribution is 2.58. The smallest absolute Gasteiger partial charge is 0.000695 e. The first-order valence-corrected chi connectivity index (χ1v) is 24.5. The van der Waals surface area contributed by atoms with Crippen LogP contribution in [0.1, 0.15) is 0 Å². The van der Waals surface area contributed by atoms with Crippen molar-refractivity contribution in [1.82, 2.24) is 0 Å². The maximum atomic E-state index is 2.46. The van der Waals surface area contributed by atoms with Gasteiger partial charge in [-0.15, -0.1) is 0 Å². The zero-order valence-corrected chi connectivity index (χ0v) is 38.1. The van der Waals surface area contributed by atoms with Gasteiger partial charge >= 0.3 is 0 Å². The van der Waals surface area contributed by atoms with Gasteiger partial charge in [0.1, 0.15) is 0 Å². The molecule has 0 saturated heterocycles. The largest absolute Gasteiger partial charge is 0.0622 e. The van der Waals surface area contributed by atoms with Crippen LogP contribution in [0.25, 0.3) is 163 Å². The Morgan fingerprint density at radius 1 is 0.143 bits per heavy atom. The van der Waals surface area contributed by atoms with Crippen LogP contribution in [0.15, 0.2) is 243 Å². The molecule has 0 atom stereocenters. The van der Waals surface area contributed by atoms with Gasteiger partial charge in [0.15, 0.2) is 0 Å². The molecular weight excluding hydrogens is 841 g/mol. The molecule has 16 aromatic rings. The van der Waals surface area contributed by atoms with Crippen molar-refractivity contribution in [3.8, 4) is 55.6 Å². The Balaban J connectivity index is 1.22. The molecule has 0 amide bonds. The van der Waals surface area contributed by atoms with Crippen LogP contribution in [-0.4, -0.2) is 0 Å². The molecule has 0 fully saturated rings. The van der Waals surface area contributed by atoms with Crippen LogP contribution in [0, 0.1) is 0 Å². The number of hydrogen-bond donors (Lipinski definition) is 0. The van der Waals surface area contributed by atoms with Gasteiger partial charge in [-0.3, -0.25) is 0 Å². The minimum Gasteiger partial charge on any atom is -0.0622 e. The fraction of sp³-hybridized carbons (Fsp3) is 0. The third-order valence-corrected chi connectivity index (χ3v) is 15.9. The van der Waals surface area contributed by atoms with Crippen LogP contribution in [0.5, 0.6) is 0 Å². The second kappa shape index (κ2) is 14.2. The summed E-state index contributed by atoms with van der Waals surface area (Å²) in [7, 11) is 0. The van der Waals surface area contributed by atoms with Crippen molar-refractivity contribution in [2.75, 3.05) is 0 Å². The van der Waals surface area contributed by atoms with E-state index in [0.29, 0.717) is 0 Å². The molecule has 0 aliphatic heterocycles.